The predicted molar refractivity (Wildman–Crippen MR) is 67.1 cm³/mol. The Bertz CT molecular complexity index is 405. The SMILES string of the molecule is CCc1cc(B2OC(C)(C)C(C)(C)O2)ncn1. The number of nitrogens with zero attached hydrogens (tertiary/aromatic N) is 2. The number of hydrogen-bond acceptors (Lipinski definition) is 4. The first-order chi connectivity index (χ1) is 7.86. The fourth-order valence-corrected chi connectivity index (χ4v) is 1.70. The Morgan fingerprint density at radius 2 is 1.71 bits per heavy atom. The van der Waals surface area contributed by atoms with Gasteiger partial charge in [0.25, 0.3) is 0 Å². The van der Waals surface area contributed by atoms with Gasteiger partial charge in [-0.3, -0.25) is 0 Å². The summed E-state index contributed by atoms with van der Waals surface area (Å²) in [5, 5.41) is 0. The van der Waals surface area contributed by atoms with E-state index in [4.69, 9.17) is 9.31 Å². The van der Waals surface area contributed by atoms with Gasteiger partial charge in [-0.25, -0.2) is 9.97 Å². The van der Waals surface area contributed by atoms with Crippen molar-refractivity contribution >= 4 is 12.7 Å². The molecule has 0 aromatic carbocycles. The Kier molecular flexibility index (Phi) is 3.00. The molecule has 1 aliphatic rings. The maximum atomic E-state index is 5.94. The molecule has 0 bridgehead atoms. The molecule has 5 heteroatoms. The van der Waals surface area contributed by atoms with Crippen molar-refractivity contribution < 1.29 is 9.31 Å². The van der Waals surface area contributed by atoms with E-state index in [-0.39, 0.29) is 11.2 Å². The molecule has 0 unspecified atom stereocenters. The summed E-state index contributed by atoms with van der Waals surface area (Å²) < 4.78 is 11.9. The van der Waals surface area contributed by atoms with Crippen LogP contribution < -0.4 is 5.59 Å². The molecule has 1 aromatic rings. The summed E-state index contributed by atoms with van der Waals surface area (Å²) in [4.78, 5) is 8.42. The van der Waals surface area contributed by atoms with Gasteiger partial charge in [0.05, 0.1) is 16.8 Å². The molecule has 2 heterocycles. The fourth-order valence-electron chi connectivity index (χ4n) is 1.70. The minimum absolute atomic E-state index is 0.324. The molecule has 0 atom stereocenters. The number of rotatable bonds is 2. The van der Waals surface area contributed by atoms with E-state index in [1.807, 2.05) is 33.8 Å². The van der Waals surface area contributed by atoms with E-state index in [0.717, 1.165) is 17.7 Å². The van der Waals surface area contributed by atoms with E-state index < -0.39 is 7.12 Å². The highest BCUT2D eigenvalue weighted by Gasteiger charge is 2.52. The first-order valence-corrected chi connectivity index (χ1v) is 6.02. The van der Waals surface area contributed by atoms with Gasteiger partial charge in [-0.15, -0.1) is 0 Å². The summed E-state index contributed by atoms with van der Waals surface area (Å²) in [6.07, 6.45) is 2.45. The molecule has 17 heavy (non-hydrogen) atoms. The molecule has 1 saturated heterocycles. The Morgan fingerprint density at radius 3 is 2.24 bits per heavy atom. The molecule has 1 aromatic heterocycles. The highest BCUT2D eigenvalue weighted by Crippen LogP contribution is 2.36. The number of aromatic nitrogens is 2. The van der Waals surface area contributed by atoms with Crippen LogP contribution in [-0.4, -0.2) is 28.3 Å². The predicted octanol–water partition coefficient (Wildman–Crippen LogP) is 1.34. The Balaban J connectivity index is 2.25. The lowest BCUT2D eigenvalue weighted by Crippen LogP contribution is -2.41. The summed E-state index contributed by atoms with van der Waals surface area (Å²) in [7, 11) is -0.395. The monoisotopic (exact) mass is 234 g/mol. The van der Waals surface area contributed by atoms with Crippen molar-refractivity contribution in [1.82, 2.24) is 9.97 Å². The zero-order valence-corrected chi connectivity index (χ0v) is 11.2. The van der Waals surface area contributed by atoms with Crippen molar-refractivity contribution in [3.8, 4) is 0 Å². The molecular formula is C12H19BN2O2. The number of aryl methyl sites for hydroxylation is 1. The lowest BCUT2D eigenvalue weighted by atomic mass is 9.84. The molecule has 1 fully saturated rings. The van der Waals surface area contributed by atoms with E-state index in [0.29, 0.717) is 0 Å². The van der Waals surface area contributed by atoms with Gasteiger partial charge in [-0.2, -0.15) is 0 Å². The van der Waals surface area contributed by atoms with Crippen molar-refractivity contribution in [3.05, 3.63) is 18.1 Å². The van der Waals surface area contributed by atoms with Crippen LogP contribution in [0.25, 0.3) is 0 Å². The zero-order valence-electron chi connectivity index (χ0n) is 11.2. The van der Waals surface area contributed by atoms with Gasteiger partial charge in [0, 0.05) is 5.69 Å². The van der Waals surface area contributed by atoms with Crippen LogP contribution in [0.3, 0.4) is 0 Å². The first-order valence-electron chi connectivity index (χ1n) is 6.02. The average Bonchev–Trinajstić information content (AvgIpc) is 2.48. The van der Waals surface area contributed by atoms with Crippen molar-refractivity contribution in [3.63, 3.8) is 0 Å². The van der Waals surface area contributed by atoms with E-state index in [1.54, 1.807) is 6.33 Å². The van der Waals surface area contributed by atoms with Crippen molar-refractivity contribution in [2.45, 2.75) is 52.2 Å². The van der Waals surface area contributed by atoms with Crippen LogP contribution in [0.2, 0.25) is 0 Å². The maximum Gasteiger partial charge on any atom is 0.514 e. The van der Waals surface area contributed by atoms with Crippen LogP contribution >= 0.6 is 0 Å². The second-order valence-electron chi connectivity index (χ2n) is 5.38. The Hall–Kier alpha value is -0.935. The summed E-state index contributed by atoms with van der Waals surface area (Å²) in [5.74, 6) is 0. The standard InChI is InChI=1S/C12H19BN2O2/c1-6-9-7-10(15-8-14-9)13-16-11(2,3)12(4,5)17-13/h7-8H,6H2,1-5H3. The van der Waals surface area contributed by atoms with E-state index in [1.165, 1.54) is 0 Å². The van der Waals surface area contributed by atoms with Crippen LogP contribution in [0.15, 0.2) is 12.4 Å². The van der Waals surface area contributed by atoms with Crippen LogP contribution in [0.4, 0.5) is 0 Å². The fraction of sp³-hybridized carbons (Fsp3) is 0.667. The molecule has 0 aliphatic carbocycles. The van der Waals surface area contributed by atoms with Gasteiger partial charge in [-0.05, 0) is 40.2 Å². The minimum Gasteiger partial charge on any atom is -0.398 e. The van der Waals surface area contributed by atoms with Gasteiger partial charge in [0.15, 0.2) is 0 Å². The topological polar surface area (TPSA) is 44.2 Å². The smallest absolute Gasteiger partial charge is 0.398 e. The second-order valence-corrected chi connectivity index (χ2v) is 5.38. The molecular weight excluding hydrogens is 215 g/mol. The third-order valence-corrected chi connectivity index (χ3v) is 3.60. The Morgan fingerprint density at radius 1 is 1.12 bits per heavy atom. The van der Waals surface area contributed by atoms with Gasteiger partial charge < -0.3 is 9.31 Å². The largest absolute Gasteiger partial charge is 0.514 e. The normalized spacial score (nSPS) is 21.8. The zero-order chi connectivity index (χ0) is 12.7. The molecule has 92 valence electrons. The van der Waals surface area contributed by atoms with Crippen LogP contribution in [0.5, 0.6) is 0 Å². The average molecular weight is 234 g/mol. The third-order valence-electron chi connectivity index (χ3n) is 3.60. The van der Waals surface area contributed by atoms with Gasteiger partial charge in [-0.1, -0.05) is 6.92 Å². The molecule has 4 nitrogen and oxygen atoms in total. The highest BCUT2D eigenvalue weighted by atomic mass is 16.7. The summed E-state index contributed by atoms with van der Waals surface area (Å²) in [6.45, 7) is 10.2. The lowest BCUT2D eigenvalue weighted by molar-refractivity contribution is 0.00578. The van der Waals surface area contributed by atoms with Crippen molar-refractivity contribution in [1.29, 1.82) is 0 Å². The molecule has 0 radical (unpaired) electrons. The summed E-state index contributed by atoms with van der Waals surface area (Å²) in [6, 6.07) is 1.95. The van der Waals surface area contributed by atoms with Crippen LogP contribution in [0.1, 0.15) is 40.3 Å². The minimum atomic E-state index is -0.395. The second kappa shape index (κ2) is 4.07. The van der Waals surface area contributed by atoms with Gasteiger partial charge in [0.1, 0.15) is 6.33 Å². The molecule has 0 N–H and O–H groups in total. The van der Waals surface area contributed by atoms with Gasteiger partial charge >= 0.3 is 7.12 Å². The Labute approximate surface area is 103 Å². The maximum absolute atomic E-state index is 5.94. The molecule has 1 aliphatic heterocycles. The number of hydrogen-bond donors (Lipinski definition) is 0. The van der Waals surface area contributed by atoms with E-state index >= 15 is 0 Å². The van der Waals surface area contributed by atoms with Crippen LogP contribution in [0, 0.1) is 0 Å². The molecule has 0 amide bonds. The van der Waals surface area contributed by atoms with E-state index in [2.05, 4.69) is 16.9 Å². The summed E-state index contributed by atoms with van der Waals surface area (Å²) in [5.41, 5.74) is 1.16. The quantitative estimate of drug-likeness (QED) is 0.724. The summed E-state index contributed by atoms with van der Waals surface area (Å²) >= 11 is 0. The molecule has 0 spiro atoms. The van der Waals surface area contributed by atoms with Gasteiger partial charge in [0.2, 0.25) is 0 Å². The molecule has 0 saturated carbocycles. The first kappa shape index (κ1) is 12.5. The van der Waals surface area contributed by atoms with Crippen molar-refractivity contribution in [2.75, 3.05) is 0 Å². The molecule has 2 rings (SSSR count). The van der Waals surface area contributed by atoms with E-state index in [9.17, 15) is 0 Å². The lowest BCUT2D eigenvalue weighted by Gasteiger charge is -2.32. The highest BCUT2D eigenvalue weighted by molar-refractivity contribution is 6.61. The van der Waals surface area contributed by atoms with Crippen molar-refractivity contribution in [2.24, 2.45) is 0 Å². The van der Waals surface area contributed by atoms with Crippen LogP contribution in [-0.2, 0) is 15.7 Å². The third kappa shape index (κ3) is 2.22.